The minimum Gasteiger partial charge on any atom is -0.377 e. The Hall–Kier alpha value is -1.20. The maximum absolute atomic E-state index is 5.56. The molecule has 0 aliphatic carbocycles. The van der Waals surface area contributed by atoms with Gasteiger partial charge in [0.05, 0.1) is 18.8 Å². The van der Waals surface area contributed by atoms with Crippen molar-refractivity contribution in [3.63, 3.8) is 0 Å². The van der Waals surface area contributed by atoms with Crippen LogP contribution in [0.25, 0.3) is 0 Å². The zero-order valence-electron chi connectivity index (χ0n) is 14.2. The fourth-order valence-corrected chi connectivity index (χ4v) is 2.37. The first kappa shape index (κ1) is 16.2. The summed E-state index contributed by atoms with van der Waals surface area (Å²) in [5.74, 6) is 0.806. The van der Waals surface area contributed by atoms with Crippen molar-refractivity contribution in [1.29, 1.82) is 0 Å². The molecule has 1 aliphatic rings. The van der Waals surface area contributed by atoms with E-state index in [0.29, 0.717) is 6.61 Å². The Bertz CT molecular complexity index is 494. The number of nitrogens with zero attached hydrogens (tertiary/aromatic N) is 3. The Morgan fingerprint density at radius 1 is 1.38 bits per heavy atom. The van der Waals surface area contributed by atoms with Crippen molar-refractivity contribution in [2.75, 3.05) is 24.7 Å². The van der Waals surface area contributed by atoms with Gasteiger partial charge in [0.25, 0.3) is 0 Å². The fraction of sp³-hybridized carbons (Fsp3) is 0.750. The van der Waals surface area contributed by atoms with E-state index in [2.05, 4.69) is 56.7 Å². The molecule has 5 heteroatoms. The predicted octanol–water partition coefficient (Wildman–Crippen LogP) is 2.29. The minimum atomic E-state index is -0.0597. The zero-order valence-corrected chi connectivity index (χ0v) is 14.2. The van der Waals surface area contributed by atoms with E-state index in [1.807, 2.05) is 6.20 Å². The van der Waals surface area contributed by atoms with Crippen LogP contribution in [0.1, 0.15) is 45.9 Å². The molecule has 2 heterocycles. The molecule has 0 amide bonds. The first-order valence-corrected chi connectivity index (χ1v) is 7.62. The molecule has 1 fully saturated rings. The van der Waals surface area contributed by atoms with Gasteiger partial charge in [0, 0.05) is 36.1 Å². The van der Waals surface area contributed by atoms with E-state index in [1.54, 1.807) is 0 Å². The highest BCUT2D eigenvalue weighted by Gasteiger charge is 2.32. The molecular weight excluding hydrogens is 264 g/mol. The van der Waals surface area contributed by atoms with Crippen molar-refractivity contribution in [1.82, 2.24) is 15.3 Å². The smallest absolute Gasteiger partial charge is 0.226 e. The molecule has 5 nitrogen and oxygen atoms in total. The average Bonchev–Trinajstić information content (AvgIpc) is 2.35. The molecule has 2 rings (SSSR count). The maximum atomic E-state index is 5.56. The Balaban J connectivity index is 2.15. The van der Waals surface area contributed by atoms with Crippen molar-refractivity contribution >= 4 is 5.95 Å². The summed E-state index contributed by atoms with van der Waals surface area (Å²) in [6, 6.07) is 0. The van der Waals surface area contributed by atoms with Gasteiger partial charge in [0.1, 0.15) is 0 Å². The van der Waals surface area contributed by atoms with E-state index < -0.39 is 0 Å². The molecule has 1 N–H and O–H groups in total. The van der Waals surface area contributed by atoms with Gasteiger partial charge in [-0.2, -0.15) is 0 Å². The van der Waals surface area contributed by atoms with Gasteiger partial charge in [-0.15, -0.1) is 0 Å². The van der Waals surface area contributed by atoms with E-state index in [9.17, 15) is 0 Å². The topological polar surface area (TPSA) is 50.3 Å². The maximum Gasteiger partial charge on any atom is 0.226 e. The summed E-state index contributed by atoms with van der Waals surface area (Å²) < 4.78 is 5.56. The van der Waals surface area contributed by atoms with Crippen LogP contribution in [-0.2, 0) is 11.3 Å². The molecule has 1 aliphatic heterocycles. The summed E-state index contributed by atoms with van der Waals surface area (Å²) in [6.07, 6.45) is 1.95. The van der Waals surface area contributed by atoms with Crippen LogP contribution in [0.3, 0.4) is 0 Å². The van der Waals surface area contributed by atoms with Crippen LogP contribution in [0, 0.1) is 6.92 Å². The van der Waals surface area contributed by atoms with Crippen LogP contribution in [0.4, 0.5) is 5.95 Å². The number of ether oxygens (including phenoxy) is 1. The molecule has 1 aromatic heterocycles. The number of anilines is 1. The van der Waals surface area contributed by atoms with Gasteiger partial charge >= 0.3 is 0 Å². The van der Waals surface area contributed by atoms with Crippen molar-refractivity contribution < 1.29 is 4.74 Å². The summed E-state index contributed by atoms with van der Waals surface area (Å²) in [5, 5.41) is 3.48. The van der Waals surface area contributed by atoms with Crippen molar-refractivity contribution in [3.05, 3.63) is 17.5 Å². The van der Waals surface area contributed by atoms with Crippen LogP contribution in [0.15, 0.2) is 6.20 Å². The minimum absolute atomic E-state index is 0.0597. The van der Waals surface area contributed by atoms with Gasteiger partial charge in [-0.05, 0) is 41.5 Å². The van der Waals surface area contributed by atoms with E-state index in [4.69, 9.17) is 9.72 Å². The van der Waals surface area contributed by atoms with Gasteiger partial charge in [-0.25, -0.2) is 9.97 Å². The molecule has 0 atom stereocenters. The molecule has 1 aromatic rings. The largest absolute Gasteiger partial charge is 0.377 e. The lowest BCUT2D eigenvalue weighted by Crippen LogP contribution is -2.54. The summed E-state index contributed by atoms with van der Waals surface area (Å²) in [6.45, 7) is 15.9. The lowest BCUT2D eigenvalue weighted by Gasteiger charge is -2.42. The van der Waals surface area contributed by atoms with E-state index in [0.717, 1.165) is 36.9 Å². The number of nitrogens with one attached hydrogen (secondary N) is 1. The molecule has 0 bridgehead atoms. The first-order chi connectivity index (χ1) is 9.69. The summed E-state index contributed by atoms with van der Waals surface area (Å²) in [5.41, 5.74) is 2.23. The number of aryl methyl sites for hydroxylation is 1. The Labute approximate surface area is 128 Å². The average molecular weight is 292 g/mol. The summed E-state index contributed by atoms with van der Waals surface area (Å²) in [7, 11) is 0. The second-order valence-corrected chi connectivity index (χ2v) is 7.40. The number of morpholine rings is 1. The zero-order chi connectivity index (χ0) is 15.7. The normalized spacial score (nSPS) is 18.9. The lowest BCUT2D eigenvalue weighted by molar-refractivity contribution is 0.0633. The summed E-state index contributed by atoms with van der Waals surface area (Å²) in [4.78, 5) is 11.5. The summed E-state index contributed by atoms with van der Waals surface area (Å²) >= 11 is 0. The molecule has 0 unspecified atom stereocenters. The van der Waals surface area contributed by atoms with Crippen LogP contribution in [-0.4, -0.2) is 40.8 Å². The standard InChI is InChI=1S/C16H28N4O/c1-12-13(10-18-15(2,3)4)9-17-14(19-12)20-7-8-21-11-16(20,5)6/h9,18H,7-8,10-11H2,1-6H3. The second kappa shape index (κ2) is 5.89. The van der Waals surface area contributed by atoms with Crippen LogP contribution < -0.4 is 10.2 Å². The SMILES string of the molecule is Cc1nc(N2CCOCC2(C)C)ncc1CNC(C)(C)C. The fourth-order valence-electron chi connectivity index (χ4n) is 2.37. The monoisotopic (exact) mass is 292 g/mol. The highest BCUT2D eigenvalue weighted by atomic mass is 16.5. The molecule has 0 aromatic carbocycles. The van der Waals surface area contributed by atoms with Gasteiger partial charge in [0.15, 0.2) is 0 Å². The van der Waals surface area contributed by atoms with Crippen molar-refractivity contribution in [3.8, 4) is 0 Å². The molecule has 1 saturated heterocycles. The molecule has 21 heavy (non-hydrogen) atoms. The van der Waals surface area contributed by atoms with Crippen LogP contribution in [0.2, 0.25) is 0 Å². The van der Waals surface area contributed by atoms with Crippen molar-refractivity contribution in [2.45, 2.75) is 59.2 Å². The second-order valence-electron chi connectivity index (χ2n) is 7.40. The van der Waals surface area contributed by atoms with Gasteiger partial charge in [-0.1, -0.05) is 0 Å². The Morgan fingerprint density at radius 2 is 2.10 bits per heavy atom. The lowest BCUT2D eigenvalue weighted by atomic mass is 10.0. The van der Waals surface area contributed by atoms with Crippen LogP contribution >= 0.6 is 0 Å². The molecule has 0 radical (unpaired) electrons. The quantitative estimate of drug-likeness (QED) is 0.926. The third kappa shape index (κ3) is 4.14. The first-order valence-electron chi connectivity index (χ1n) is 7.62. The number of aromatic nitrogens is 2. The Morgan fingerprint density at radius 3 is 2.67 bits per heavy atom. The van der Waals surface area contributed by atoms with E-state index in [1.165, 1.54) is 0 Å². The third-order valence-corrected chi connectivity index (χ3v) is 3.76. The number of hydrogen-bond acceptors (Lipinski definition) is 5. The van der Waals surface area contributed by atoms with E-state index in [-0.39, 0.29) is 11.1 Å². The molecule has 0 spiro atoms. The molecule has 0 saturated carbocycles. The van der Waals surface area contributed by atoms with Gasteiger partial charge in [0.2, 0.25) is 5.95 Å². The van der Waals surface area contributed by atoms with Crippen molar-refractivity contribution in [2.24, 2.45) is 0 Å². The highest BCUT2D eigenvalue weighted by molar-refractivity contribution is 5.37. The number of hydrogen-bond donors (Lipinski definition) is 1. The highest BCUT2D eigenvalue weighted by Crippen LogP contribution is 2.24. The van der Waals surface area contributed by atoms with Gasteiger partial charge in [-0.3, -0.25) is 0 Å². The molecule has 118 valence electrons. The third-order valence-electron chi connectivity index (χ3n) is 3.76. The van der Waals surface area contributed by atoms with Gasteiger partial charge < -0.3 is 15.0 Å². The van der Waals surface area contributed by atoms with E-state index >= 15 is 0 Å². The Kier molecular flexibility index (Phi) is 4.54. The number of rotatable bonds is 3. The predicted molar refractivity (Wildman–Crippen MR) is 85.6 cm³/mol. The van der Waals surface area contributed by atoms with Crippen LogP contribution in [0.5, 0.6) is 0 Å². The molecular formula is C16H28N4O.